The van der Waals surface area contributed by atoms with Gasteiger partial charge in [-0.3, -0.25) is 0 Å². The lowest BCUT2D eigenvalue weighted by atomic mass is 10.3. The van der Waals surface area contributed by atoms with Crippen molar-refractivity contribution < 1.29 is 13.2 Å². The number of aromatic nitrogens is 1. The number of nitrogens with zero attached hydrogens (tertiary/aromatic N) is 2. The van der Waals surface area contributed by atoms with E-state index < -0.39 is 9.84 Å². The van der Waals surface area contributed by atoms with Gasteiger partial charge in [0.25, 0.3) is 3.67 Å². The highest BCUT2D eigenvalue weighted by Gasteiger charge is 2.54. The summed E-state index contributed by atoms with van der Waals surface area (Å²) in [6.45, 7) is 0. The van der Waals surface area contributed by atoms with Gasteiger partial charge in [0.2, 0.25) is 0 Å². The first-order valence-corrected chi connectivity index (χ1v) is 8.57. The molecular formula is C13H4Cl5F3N2S. The molecule has 0 unspecified atom stereocenters. The molecule has 0 bridgehead atoms. The van der Waals surface area contributed by atoms with Crippen molar-refractivity contribution in [3.63, 3.8) is 0 Å². The molecule has 0 saturated carbocycles. The third-order valence-corrected chi connectivity index (χ3v) is 5.44. The van der Waals surface area contributed by atoms with Gasteiger partial charge in [-0.1, -0.05) is 69.8 Å². The Morgan fingerprint density at radius 1 is 1.04 bits per heavy atom. The Balaban J connectivity index is 2.52. The zero-order valence-corrected chi connectivity index (χ0v) is 15.7. The van der Waals surface area contributed by atoms with Crippen LogP contribution in [0.3, 0.4) is 0 Å². The number of nitriles is 1. The van der Waals surface area contributed by atoms with Gasteiger partial charge in [-0.05, 0) is 12.1 Å². The van der Waals surface area contributed by atoms with Crippen LogP contribution in [-0.2, 0) is 0 Å². The Kier molecular flexibility index (Phi) is 5.86. The van der Waals surface area contributed by atoms with Crippen LogP contribution >= 0.6 is 69.8 Å². The lowest BCUT2D eigenvalue weighted by Gasteiger charge is -2.21. The molecule has 2 rings (SSSR count). The van der Waals surface area contributed by atoms with E-state index in [0.717, 1.165) is 0 Å². The quantitative estimate of drug-likeness (QED) is 0.366. The molecule has 2 nitrogen and oxygen atoms in total. The Hall–Kier alpha value is -0.420. The van der Waals surface area contributed by atoms with Crippen LogP contribution in [0, 0.1) is 11.3 Å². The SMILES string of the molecule is N#Cc1cn(-c2c(Cl)cc(Cl)cc2Cl)cc1SC(Cl)(Cl)C(F)(F)F. The van der Waals surface area contributed by atoms with Crippen LogP contribution in [0.5, 0.6) is 0 Å². The molecule has 0 aliphatic carbocycles. The largest absolute Gasteiger partial charge is 0.431 e. The highest BCUT2D eigenvalue weighted by molar-refractivity contribution is 8.03. The van der Waals surface area contributed by atoms with Gasteiger partial charge in [-0.25, -0.2) is 0 Å². The first-order valence-electron chi connectivity index (χ1n) is 5.87. The first kappa shape index (κ1) is 19.9. The van der Waals surface area contributed by atoms with Gasteiger partial charge < -0.3 is 4.57 Å². The van der Waals surface area contributed by atoms with Gasteiger partial charge in [0.15, 0.2) is 0 Å². The Bertz CT molecular complexity index is 803. The van der Waals surface area contributed by atoms with E-state index in [0.29, 0.717) is 0 Å². The van der Waals surface area contributed by atoms with E-state index in [1.54, 1.807) is 6.07 Å². The van der Waals surface area contributed by atoms with E-state index in [-0.39, 0.29) is 43.0 Å². The molecule has 128 valence electrons. The van der Waals surface area contributed by atoms with E-state index in [2.05, 4.69) is 0 Å². The lowest BCUT2D eigenvalue weighted by Crippen LogP contribution is -2.30. The topological polar surface area (TPSA) is 28.7 Å². The fourth-order valence-corrected chi connectivity index (χ4v) is 3.98. The second-order valence-corrected chi connectivity index (χ2v) is 8.67. The second-order valence-electron chi connectivity index (χ2n) is 4.39. The van der Waals surface area contributed by atoms with Gasteiger partial charge in [0, 0.05) is 22.3 Å². The van der Waals surface area contributed by atoms with E-state index in [1.807, 2.05) is 0 Å². The van der Waals surface area contributed by atoms with Gasteiger partial charge in [-0.2, -0.15) is 18.4 Å². The van der Waals surface area contributed by atoms with Gasteiger partial charge in [0.05, 0.1) is 21.3 Å². The van der Waals surface area contributed by atoms with Crippen molar-refractivity contribution in [2.45, 2.75) is 14.7 Å². The van der Waals surface area contributed by atoms with Gasteiger partial charge >= 0.3 is 6.18 Å². The lowest BCUT2D eigenvalue weighted by molar-refractivity contribution is -0.122. The minimum Gasteiger partial charge on any atom is -0.319 e. The van der Waals surface area contributed by atoms with E-state index in [4.69, 9.17) is 63.3 Å². The Morgan fingerprint density at radius 2 is 1.58 bits per heavy atom. The smallest absolute Gasteiger partial charge is 0.319 e. The molecule has 0 N–H and O–H groups in total. The summed E-state index contributed by atoms with van der Waals surface area (Å²) in [6, 6.07) is 4.59. The standard InChI is InChI=1S/C13H4Cl5F3N2S/c14-7-1-8(15)11(9(16)2-7)23-4-6(3-22)10(5-23)24-12(17,18)13(19,20)21/h1-2,4-5H. The van der Waals surface area contributed by atoms with Crippen LogP contribution in [-0.4, -0.2) is 14.4 Å². The van der Waals surface area contributed by atoms with Crippen molar-refractivity contribution in [3.8, 4) is 11.8 Å². The summed E-state index contributed by atoms with van der Waals surface area (Å²) >= 11 is 28.7. The molecule has 1 aromatic heterocycles. The highest BCUT2D eigenvalue weighted by atomic mass is 35.5. The molecule has 0 spiro atoms. The maximum absolute atomic E-state index is 12.8. The average Bonchev–Trinajstić information content (AvgIpc) is 2.78. The summed E-state index contributed by atoms with van der Waals surface area (Å²) in [6.07, 6.45) is -2.40. The molecule has 1 aromatic carbocycles. The number of alkyl halides is 5. The monoisotopic (exact) mass is 452 g/mol. The minimum atomic E-state index is -4.90. The number of benzene rings is 1. The molecule has 0 saturated heterocycles. The highest BCUT2D eigenvalue weighted by Crippen LogP contribution is 2.52. The van der Waals surface area contributed by atoms with Crippen LogP contribution in [0.2, 0.25) is 15.1 Å². The van der Waals surface area contributed by atoms with E-state index in [9.17, 15) is 13.2 Å². The maximum Gasteiger partial charge on any atom is 0.431 e. The molecule has 11 heteroatoms. The molecule has 0 amide bonds. The second kappa shape index (κ2) is 7.06. The van der Waals surface area contributed by atoms with Crippen LogP contribution in [0.25, 0.3) is 5.69 Å². The van der Waals surface area contributed by atoms with E-state index in [1.165, 1.54) is 29.1 Å². The molecule has 0 aliphatic rings. The molecule has 0 fully saturated rings. The van der Waals surface area contributed by atoms with Crippen LogP contribution in [0.1, 0.15) is 5.56 Å². The van der Waals surface area contributed by atoms with Gasteiger partial charge in [0.1, 0.15) is 6.07 Å². The number of rotatable bonds is 3. The molecule has 0 aliphatic heterocycles. The maximum atomic E-state index is 12.8. The average molecular weight is 455 g/mol. The summed E-state index contributed by atoms with van der Waals surface area (Å²) in [5.41, 5.74) is 0.185. The molecule has 2 aromatic rings. The molecule has 1 heterocycles. The number of halogens is 8. The van der Waals surface area contributed by atoms with Crippen molar-refractivity contribution >= 4 is 69.8 Å². The zero-order valence-electron chi connectivity index (χ0n) is 11.1. The minimum absolute atomic E-state index is 0.0722. The predicted molar refractivity (Wildman–Crippen MR) is 91.9 cm³/mol. The third-order valence-electron chi connectivity index (χ3n) is 2.72. The molecule has 0 atom stereocenters. The van der Waals surface area contributed by atoms with Crippen LogP contribution in [0.4, 0.5) is 13.2 Å². The van der Waals surface area contributed by atoms with Crippen LogP contribution < -0.4 is 0 Å². The van der Waals surface area contributed by atoms with Crippen molar-refractivity contribution in [2.75, 3.05) is 0 Å². The number of thioether (sulfide) groups is 1. The van der Waals surface area contributed by atoms with Crippen LogP contribution in [0.15, 0.2) is 29.4 Å². The molecular weight excluding hydrogens is 450 g/mol. The third kappa shape index (κ3) is 4.04. The van der Waals surface area contributed by atoms with Crippen molar-refractivity contribution in [3.05, 3.63) is 45.2 Å². The summed E-state index contributed by atoms with van der Waals surface area (Å²) in [7, 11) is 0. The Morgan fingerprint density at radius 3 is 2.04 bits per heavy atom. The number of hydrogen-bond donors (Lipinski definition) is 0. The summed E-state index contributed by atoms with van der Waals surface area (Å²) in [5.74, 6) is 0. The predicted octanol–water partition coefficient (Wildman–Crippen LogP) is 7.09. The molecule has 24 heavy (non-hydrogen) atoms. The molecule has 0 radical (unpaired) electrons. The summed E-state index contributed by atoms with van der Waals surface area (Å²) in [5, 5.41) is 9.73. The van der Waals surface area contributed by atoms with E-state index >= 15 is 0 Å². The van der Waals surface area contributed by atoms with Crippen molar-refractivity contribution in [1.82, 2.24) is 4.57 Å². The van der Waals surface area contributed by atoms with Crippen molar-refractivity contribution in [1.29, 1.82) is 5.26 Å². The fourth-order valence-electron chi connectivity index (χ4n) is 1.71. The number of hydrogen-bond acceptors (Lipinski definition) is 2. The van der Waals surface area contributed by atoms with Crippen molar-refractivity contribution in [2.24, 2.45) is 0 Å². The normalized spacial score (nSPS) is 12.3. The zero-order chi connectivity index (χ0) is 18.3. The fraction of sp³-hybridized carbons (Fsp3) is 0.154. The summed E-state index contributed by atoms with van der Waals surface area (Å²) in [4.78, 5) is -0.0816. The first-order chi connectivity index (χ1) is 11.0. The summed E-state index contributed by atoms with van der Waals surface area (Å²) < 4.78 is 36.7. The Labute approximate surface area is 164 Å². The van der Waals surface area contributed by atoms with Gasteiger partial charge in [-0.15, -0.1) is 0 Å².